The standard InChI is InChI=1S/C8H10F2.C8H8F2/c2*1-5-3-7(9)6(2)8(10)4-5/h3-4,6-7H,1-2H3;3-4H,1-2H3. The minimum Gasteiger partial charge on any atom is -0.242 e. The fourth-order valence-corrected chi connectivity index (χ4v) is 1.72. The van der Waals surface area contributed by atoms with Crippen molar-refractivity contribution < 1.29 is 17.6 Å². The Kier molecular flexibility index (Phi) is 5.54. The van der Waals surface area contributed by atoms with Gasteiger partial charge in [-0.05, 0) is 56.2 Å². The summed E-state index contributed by atoms with van der Waals surface area (Å²) in [5.74, 6) is -1.90. The maximum absolute atomic E-state index is 12.7. The predicted molar refractivity (Wildman–Crippen MR) is 72.8 cm³/mol. The molecule has 0 spiro atoms. The van der Waals surface area contributed by atoms with E-state index in [1.165, 1.54) is 31.2 Å². The zero-order chi connectivity index (χ0) is 15.4. The van der Waals surface area contributed by atoms with Gasteiger partial charge >= 0.3 is 0 Å². The number of halogens is 4. The summed E-state index contributed by atoms with van der Waals surface area (Å²) in [4.78, 5) is 0. The molecule has 0 saturated carbocycles. The van der Waals surface area contributed by atoms with E-state index in [9.17, 15) is 17.6 Å². The second-order valence-corrected chi connectivity index (χ2v) is 5.03. The number of allylic oxidation sites excluding steroid dienone is 4. The van der Waals surface area contributed by atoms with Gasteiger partial charge in [0.25, 0.3) is 0 Å². The summed E-state index contributed by atoms with van der Waals surface area (Å²) >= 11 is 0. The van der Waals surface area contributed by atoms with Crippen LogP contribution in [0.5, 0.6) is 0 Å². The van der Waals surface area contributed by atoms with E-state index >= 15 is 0 Å². The number of rotatable bonds is 0. The Labute approximate surface area is 116 Å². The lowest BCUT2D eigenvalue weighted by Crippen LogP contribution is -2.14. The predicted octanol–water partition coefficient (Wildman–Crippen LogP) is 5.36. The lowest BCUT2D eigenvalue weighted by molar-refractivity contribution is 0.289. The maximum Gasteiger partial charge on any atom is 0.129 e. The van der Waals surface area contributed by atoms with Crippen molar-refractivity contribution >= 4 is 0 Å². The molecule has 0 fully saturated rings. The van der Waals surface area contributed by atoms with Gasteiger partial charge in [-0.3, -0.25) is 0 Å². The summed E-state index contributed by atoms with van der Waals surface area (Å²) < 4.78 is 50.6. The van der Waals surface area contributed by atoms with Gasteiger partial charge in [-0.2, -0.15) is 0 Å². The molecule has 2 rings (SSSR count). The Morgan fingerprint density at radius 1 is 0.950 bits per heavy atom. The molecule has 0 aromatic heterocycles. The average molecular weight is 286 g/mol. The second-order valence-electron chi connectivity index (χ2n) is 5.03. The zero-order valence-corrected chi connectivity index (χ0v) is 12.0. The summed E-state index contributed by atoms with van der Waals surface area (Å²) in [7, 11) is 0. The molecule has 110 valence electrons. The molecule has 0 bridgehead atoms. The number of alkyl halides is 1. The van der Waals surface area contributed by atoms with Gasteiger partial charge in [0.2, 0.25) is 0 Å². The van der Waals surface area contributed by atoms with Crippen molar-refractivity contribution in [3.05, 3.63) is 58.4 Å². The monoisotopic (exact) mass is 286 g/mol. The van der Waals surface area contributed by atoms with E-state index < -0.39 is 23.7 Å². The molecule has 1 aliphatic rings. The SMILES string of the molecule is CC1=CC(F)C(C)C(F)=C1.Cc1cc(F)c(C)c(F)c1. The van der Waals surface area contributed by atoms with Crippen LogP contribution >= 0.6 is 0 Å². The molecule has 4 heteroatoms. The van der Waals surface area contributed by atoms with Crippen molar-refractivity contribution in [1.82, 2.24) is 0 Å². The topological polar surface area (TPSA) is 0 Å². The number of aryl methyl sites for hydroxylation is 1. The Morgan fingerprint density at radius 3 is 1.90 bits per heavy atom. The minimum absolute atomic E-state index is 0.0885. The van der Waals surface area contributed by atoms with Crippen molar-refractivity contribution in [3.63, 3.8) is 0 Å². The summed E-state index contributed by atoms with van der Waals surface area (Å²) in [5.41, 5.74) is 1.37. The van der Waals surface area contributed by atoms with Crippen LogP contribution in [0.3, 0.4) is 0 Å². The molecule has 20 heavy (non-hydrogen) atoms. The van der Waals surface area contributed by atoms with E-state index in [-0.39, 0.29) is 11.4 Å². The van der Waals surface area contributed by atoms with Gasteiger partial charge in [-0.15, -0.1) is 0 Å². The van der Waals surface area contributed by atoms with Crippen LogP contribution in [-0.2, 0) is 0 Å². The van der Waals surface area contributed by atoms with Crippen LogP contribution < -0.4 is 0 Å². The average Bonchev–Trinajstić information content (AvgIpc) is 2.33. The van der Waals surface area contributed by atoms with Crippen molar-refractivity contribution in [2.45, 2.75) is 33.9 Å². The van der Waals surface area contributed by atoms with E-state index in [0.717, 1.165) is 0 Å². The third-order valence-electron chi connectivity index (χ3n) is 3.13. The molecule has 0 nitrogen and oxygen atoms in total. The molecule has 1 aliphatic carbocycles. The molecule has 0 aliphatic heterocycles. The van der Waals surface area contributed by atoms with Gasteiger partial charge < -0.3 is 0 Å². The molecule has 0 saturated heterocycles. The quantitative estimate of drug-likeness (QED) is 0.563. The first-order valence-corrected chi connectivity index (χ1v) is 6.34. The minimum atomic E-state index is -1.15. The summed E-state index contributed by atoms with van der Waals surface area (Å²) in [6.07, 6.45) is 1.67. The van der Waals surface area contributed by atoms with E-state index in [1.54, 1.807) is 20.8 Å². The molecule has 1 aromatic carbocycles. The van der Waals surface area contributed by atoms with E-state index in [1.807, 2.05) is 0 Å². The Bertz CT molecular complexity index is 520. The molecule has 1 aromatic rings. The van der Waals surface area contributed by atoms with Crippen LogP contribution in [0.1, 0.15) is 25.0 Å². The van der Waals surface area contributed by atoms with Gasteiger partial charge in [0.15, 0.2) is 0 Å². The Balaban J connectivity index is 0.000000200. The highest BCUT2D eigenvalue weighted by atomic mass is 19.1. The second kappa shape index (κ2) is 6.73. The maximum atomic E-state index is 12.7. The van der Waals surface area contributed by atoms with Crippen LogP contribution in [0.15, 0.2) is 35.7 Å². The first-order valence-electron chi connectivity index (χ1n) is 6.34. The van der Waals surface area contributed by atoms with Crippen molar-refractivity contribution in [2.75, 3.05) is 0 Å². The van der Waals surface area contributed by atoms with Gasteiger partial charge in [0.1, 0.15) is 23.6 Å². The molecule has 0 heterocycles. The smallest absolute Gasteiger partial charge is 0.129 e. The molecule has 2 atom stereocenters. The normalized spacial score (nSPS) is 21.6. The molecule has 0 radical (unpaired) electrons. The number of hydrogen-bond acceptors (Lipinski definition) is 0. The molecule has 0 N–H and O–H groups in total. The lowest BCUT2D eigenvalue weighted by atomic mass is 9.96. The van der Waals surface area contributed by atoms with Crippen LogP contribution in [0, 0.1) is 31.4 Å². The Morgan fingerprint density at radius 2 is 1.45 bits per heavy atom. The van der Waals surface area contributed by atoms with Gasteiger partial charge in [0.05, 0.1) is 0 Å². The molecule has 0 amide bonds. The highest BCUT2D eigenvalue weighted by molar-refractivity contribution is 5.27. The lowest BCUT2D eigenvalue weighted by Gasteiger charge is -2.16. The summed E-state index contributed by atoms with van der Waals surface area (Å²) in [6, 6.07) is 2.64. The van der Waals surface area contributed by atoms with Crippen molar-refractivity contribution in [2.24, 2.45) is 5.92 Å². The summed E-state index contributed by atoms with van der Waals surface area (Å²) in [5, 5.41) is 0. The van der Waals surface area contributed by atoms with Gasteiger partial charge in [-0.1, -0.05) is 6.92 Å². The molecular weight excluding hydrogens is 268 g/mol. The van der Waals surface area contributed by atoms with Crippen LogP contribution in [0.4, 0.5) is 17.6 Å². The fourth-order valence-electron chi connectivity index (χ4n) is 1.72. The highest BCUT2D eigenvalue weighted by Crippen LogP contribution is 2.26. The van der Waals surface area contributed by atoms with Gasteiger partial charge in [0, 0.05) is 11.5 Å². The Hall–Kier alpha value is -1.58. The van der Waals surface area contributed by atoms with E-state index in [2.05, 4.69) is 0 Å². The molecular formula is C16H18F4. The number of benzene rings is 1. The highest BCUT2D eigenvalue weighted by Gasteiger charge is 2.21. The fraction of sp³-hybridized carbons (Fsp3) is 0.375. The third kappa shape index (κ3) is 4.22. The van der Waals surface area contributed by atoms with Crippen LogP contribution in [0.25, 0.3) is 0 Å². The van der Waals surface area contributed by atoms with E-state index in [4.69, 9.17) is 0 Å². The molecule has 2 unspecified atom stereocenters. The van der Waals surface area contributed by atoms with Crippen molar-refractivity contribution in [1.29, 1.82) is 0 Å². The largest absolute Gasteiger partial charge is 0.242 e. The van der Waals surface area contributed by atoms with Crippen molar-refractivity contribution in [3.8, 4) is 0 Å². The van der Waals surface area contributed by atoms with Crippen LogP contribution in [0.2, 0.25) is 0 Å². The zero-order valence-electron chi connectivity index (χ0n) is 12.0. The third-order valence-corrected chi connectivity index (χ3v) is 3.13. The van der Waals surface area contributed by atoms with E-state index in [0.29, 0.717) is 11.1 Å². The van der Waals surface area contributed by atoms with Gasteiger partial charge in [-0.25, -0.2) is 17.6 Å². The van der Waals surface area contributed by atoms with Crippen LogP contribution in [-0.4, -0.2) is 6.17 Å². The first-order chi connectivity index (χ1) is 9.22. The number of hydrogen-bond donors (Lipinski definition) is 0. The first kappa shape index (κ1) is 16.5. The summed E-state index contributed by atoms with van der Waals surface area (Å²) in [6.45, 7) is 6.31.